The molecule has 0 aliphatic carbocycles. The second-order valence-corrected chi connectivity index (χ2v) is 6.78. The molecule has 2 N–H and O–H groups in total. The summed E-state index contributed by atoms with van der Waals surface area (Å²) in [6.07, 6.45) is 1.79. The number of carbonyl (C=O) groups excluding carboxylic acids is 3. The number of imide groups is 1. The van der Waals surface area contributed by atoms with Gasteiger partial charge in [-0.05, 0) is 36.0 Å². The highest BCUT2D eigenvalue weighted by Crippen LogP contribution is 2.18. The number of hydrogen-bond donors (Lipinski definition) is 2. The quantitative estimate of drug-likeness (QED) is 0.456. The molecule has 0 saturated carbocycles. The zero-order chi connectivity index (χ0) is 17.7. The minimum absolute atomic E-state index is 0.238. The van der Waals surface area contributed by atoms with E-state index < -0.39 is 12.1 Å². The number of rotatable bonds is 7. The van der Waals surface area contributed by atoms with Gasteiger partial charge in [-0.25, -0.2) is 4.79 Å². The van der Waals surface area contributed by atoms with Crippen LogP contribution in [0, 0.1) is 11.8 Å². The van der Waals surface area contributed by atoms with Crippen LogP contribution < -0.4 is 15.4 Å². The van der Waals surface area contributed by atoms with Crippen molar-refractivity contribution in [3.05, 3.63) is 29.8 Å². The monoisotopic (exact) mass is 332 g/mol. The summed E-state index contributed by atoms with van der Waals surface area (Å²) in [6.45, 7) is 6.31. The first kappa shape index (κ1) is 18.0. The predicted octanol–water partition coefficient (Wildman–Crippen LogP) is 2.41. The van der Waals surface area contributed by atoms with Crippen molar-refractivity contribution in [2.45, 2.75) is 46.1 Å². The molecule has 1 fully saturated rings. The maximum Gasteiger partial charge on any atom is 0.322 e. The fraction of sp³-hybridized carbons (Fsp3) is 0.500. The molecule has 1 aliphatic rings. The van der Waals surface area contributed by atoms with Gasteiger partial charge in [-0.1, -0.05) is 32.9 Å². The molecule has 3 amide bonds. The summed E-state index contributed by atoms with van der Waals surface area (Å²) in [4.78, 5) is 34.5. The molecule has 0 bridgehead atoms. The van der Waals surface area contributed by atoms with Gasteiger partial charge < -0.3 is 10.1 Å². The molecule has 6 heteroatoms. The molecule has 1 saturated heterocycles. The van der Waals surface area contributed by atoms with Crippen LogP contribution in [0.3, 0.4) is 0 Å². The highest BCUT2D eigenvalue weighted by Gasteiger charge is 2.29. The molecule has 0 radical (unpaired) electrons. The number of carbonyl (C=O) groups is 3. The largest absolute Gasteiger partial charge is 0.427 e. The molecule has 0 aromatic heterocycles. The highest BCUT2D eigenvalue weighted by atomic mass is 16.5. The number of esters is 1. The third kappa shape index (κ3) is 5.37. The van der Waals surface area contributed by atoms with E-state index in [0.29, 0.717) is 30.4 Å². The van der Waals surface area contributed by atoms with E-state index in [1.165, 1.54) is 0 Å². The molecule has 0 unspecified atom stereocenters. The Bertz CT molecular complexity index is 610. The average molecular weight is 332 g/mol. The maximum atomic E-state index is 11.9. The maximum absolute atomic E-state index is 11.9. The second kappa shape index (κ2) is 7.95. The first-order valence-electron chi connectivity index (χ1n) is 8.24. The van der Waals surface area contributed by atoms with Crippen molar-refractivity contribution < 1.29 is 19.1 Å². The summed E-state index contributed by atoms with van der Waals surface area (Å²) in [5.41, 5.74) is 0.880. The van der Waals surface area contributed by atoms with Crippen LogP contribution in [0.2, 0.25) is 0 Å². The molecule has 130 valence electrons. The summed E-state index contributed by atoms with van der Waals surface area (Å²) in [5.74, 6) is 0.773. The van der Waals surface area contributed by atoms with Crippen LogP contribution in [-0.2, 0) is 16.0 Å². The molecular weight excluding hydrogens is 308 g/mol. The van der Waals surface area contributed by atoms with Crippen molar-refractivity contribution in [1.82, 2.24) is 10.6 Å². The van der Waals surface area contributed by atoms with Gasteiger partial charge in [-0.2, -0.15) is 0 Å². The molecule has 1 aromatic carbocycles. The lowest BCUT2D eigenvalue weighted by Crippen LogP contribution is -2.31. The summed E-state index contributed by atoms with van der Waals surface area (Å²) in [6, 6.07) is 5.97. The summed E-state index contributed by atoms with van der Waals surface area (Å²) >= 11 is 0. The van der Waals surface area contributed by atoms with E-state index in [1.54, 1.807) is 24.3 Å². The minimum atomic E-state index is -0.553. The third-order valence-corrected chi connectivity index (χ3v) is 3.84. The Morgan fingerprint density at radius 1 is 1.17 bits per heavy atom. The summed E-state index contributed by atoms with van der Waals surface area (Å²) in [7, 11) is 0. The van der Waals surface area contributed by atoms with E-state index in [-0.39, 0.29) is 11.9 Å². The van der Waals surface area contributed by atoms with E-state index >= 15 is 0 Å². The normalized spacial score (nSPS) is 18.2. The van der Waals surface area contributed by atoms with E-state index in [4.69, 9.17) is 4.74 Å². The van der Waals surface area contributed by atoms with E-state index in [2.05, 4.69) is 24.5 Å². The van der Waals surface area contributed by atoms with Gasteiger partial charge in [-0.3, -0.25) is 14.9 Å². The SMILES string of the molecule is CC(C)C[C@@H](C)CC(=O)Oc1ccc(C[C@@H]2NC(=O)NC2=O)cc1. The van der Waals surface area contributed by atoms with Crippen LogP contribution in [0.25, 0.3) is 0 Å². The smallest absolute Gasteiger partial charge is 0.322 e. The number of ether oxygens (including phenoxy) is 1. The Labute approximate surface area is 142 Å². The average Bonchev–Trinajstić information content (AvgIpc) is 2.77. The fourth-order valence-electron chi connectivity index (χ4n) is 2.88. The van der Waals surface area contributed by atoms with Crippen LogP contribution in [0.15, 0.2) is 24.3 Å². The Hall–Kier alpha value is -2.37. The molecule has 1 aromatic rings. The molecule has 2 atom stereocenters. The van der Waals surface area contributed by atoms with Crippen LogP contribution in [0.5, 0.6) is 5.75 Å². The zero-order valence-corrected chi connectivity index (χ0v) is 14.3. The van der Waals surface area contributed by atoms with Gasteiger partial charge in [0.2, 0.25) is 0 Å². The Balaban J connectivity index is 1.84. The molecule has 1 heterocycles. The number of benzene rings is 1. The zero-order valence-electron chi connectivity index (χ0n) is 14.3. The van der Waals surface area contributed by atoms with Crippen LogP contribution in [-0.4, -0.2) is 23.9 Å². The van der Waals surface area contributed by atoms with Gasteiger partial charge in [0, 0.05) is 12.8 Å². The molecule has 6 nitrogen and oxygen atoms in total. The van der Waals surface area contributed by atoms with Gasteiger partial charge in [-0.15, -0.1) is 0 Å². The lowest BCUT2D eigenvalue weighted by molar-refractivity contribution is -0.135. The Kier molecular flexibility index (Phi) is 5.95. The van der Waals surface area contributed by atoms with Gasteiger partial charge in [0.05, 0.1) is 0 Å². The van der Waals surface area contributed by atoms with Gasteiger partial charge in [0.1, 0.15) is 11.8 Å². The Morgan fingerprint density at radius 3 is 2.38 bits per heavy atom. The van der Waals surface area contributed by atoms with Crippen molar-refractivity contribution in [2.75, 3.05) is 0 Å². The lowest BCUT2D eigenvalue weighted by Gasteiger charge is -2.13. The number of hydrogen-bond acceptors (Lipinski definition) is 4. The standard InChI is InChI=1S/C18H24N2O4/c1-11(2)8-12(3)9-16(21)24-14-6-4-13(5-7-14)10-15-17(22)20-18(23)19-15/h4-7,11-12,15H,8-10H2,1-3H3,(H2,19,20,22,23)/t12-,15+/m1/s1. The molecule has 0 spiro atoms. The molecule has 2 rings (SSSR count). The highest BCUT2D eigenvalue weighted by molar-refractivity contribution is 6.04. The van der Waals surface area contributed by atoms with Crippen molar-refractivity contribution in [3.8, 4) is 5.75 Å². The molecule has 24 heavy (non-hydrogen) atoms. The van der Waals surface area contributed by atoms with E-state index in [1.807, 2.05) is 6.92 Å². The third-order valence-electron chi connectivity index (χ3n) is 3.84. The Morgan fingerprint density at radius 2 is 1.83 bits per heavy atom. The van der Waals surface area contributed by atoms with Crippen LogP contribution in [0.1, 0.15) is 39.2 Å². The molecular formula is C18H24N2O4. The minimum Gasteiger partial charge on any atom is -0.427 e. The second-order valence-electron chi connectivity index (χ2n) is 6.78. The number of amides is 3. The van der Waals surface area contributed by atoms with Gasteiger partial charge in [0.25, 0.3) is 5.91 Å². The van der Waals surface area contributed by atoms with Crippen molar-refractivity contribution in [3.63, 3.8) is 0 Å². The molecule has 1 aliphatic heterocycles. The van der Waals surface area contributed by atoms with Crippen LogP contribution in [0.4, 0.5) is 4.79 Å². The van der Waals surface area contributed by atoms with Crippen LogP contribution >= 0.6 is 0 Å². The summed E-state index contributed by atoms with van der Waals surface area (Å²) in [5, 5.41) is 4.75. The van der Waals surface area contributed by atoms with E-state index in [0.717, 1.165) is 12.0 Å². The summed E-state index contributed by atoms with van der Waals surface area (Å²) < 4.78 is 5.34. The number of nitrogens with one attached hydrogen (secondary N) is 2. The van der Waals surface area contributed by atoms with Gasteiger partial charge in [0.15, 0.2) is 0 Å². The first-order chi connectivity index (χ1) is 11.3. The topological polar surface area (TPSA) is 84.5 Å². The fourth-order valence-corrected chi connectivity index (χ4v) is 2.88. The van der Waals surface area contributed by atoms with E-state index in [9.17, 15) is 14.4 Å². The number of urea groups is 1. The van der Waals surface area contributed by atoms with Crippen molar-refractivity contribution >= 4 is 17.9 Å². The lowest BCUT2D eigenvalue weighted by atomic mass is 9.96. The first-order valence-corrected chi connectivity index (χ1v) is 8.24. The van der Waals surface area contributed by atoms with Crippen molar-refractivity contribution in [1.29, 1.82) is 0 Å². The van der Waals surface area contributed by atoms with Gasteiger partial charge >= 0.3 is 12.0 Å². The van der Waals surface area contributed by atoms with Crippen molar-refractivity contribution in [2.24, 2.45) is 11.8 Å². The predicted molar refractivity (Wildman–Crippen MR) is 89.5 cm³/mol.